The summed E-state index contributed by atoms with van der Waals surface area (Å²) < 4.78 is 0. The third-order valence-corrected chi connectivity index (χ3v) is 5.81. The molecule has 26 heavy (non-hydrogen) atoms. The Hall–Kier alpha value is -2.13. The minimum atomic E-state index is 0.221. The van der Waals surface area contributed by atoms with E-state index < -0.39 is 0 Å². The summed E-state index contributed by atoms with van der Waals surface area (Å²) >= 11 is 0. The molecule has 0 radical (unpaired) electrons. The molecule has 1 fully saturated rings. The Morgan fingerprint density at radius 3 is 2.73 bits per heavy atom. The van der Waals surface area contributed by atoms with E-state index in [0.717, 1.165) is 45.3 Å². The van der Waals surface area contributed by atoms with Gasteiger partial charge in [0.25, 0.3) is 0 Å². The molecule has 2 atom stereocenters. The zero-order chi connectivity index (χ0) is 17.8. The zero-order valence-electron chi connectivity index (χ0n) is 15.4. The number of nitrogens with zero attached hydrogens (tertiary/aromatic N) is 1. The van der Waals surface area contributed by atoms with Crippen LogP contribution >= 0.6 is 0 Å². The van der Waals surface area contributed by atoms with Crippen molar-refractivity contribution in [1.29, 1.82) is 0 Å². The topological polar surface area (TPSA) is 32.3 Å². The SMILES string of the molecule is O=C(CC1CCc2ccccc21)NC1CCCN(Cc2ccccc2)C1. The largest absolute Gasteiger partial charge is 0.352 e. The number of rotatable bonds is 5. The van der Waals surface area contributed by atoms with Gasteiger partial charge in [0.15, 0.2) is 0 Å². The highest BCUT2D eigenvalue weighted by Gasteiger charge is 2.26. The first-order chi connectivity index (χ1) is 12.8. The van der Waals surface area contributed by atoms with Crippen LogP contribution in [0.3, 0.4) is 0 Å². The number of carbonyl (C=O) groups is 1. The molecule has 0 aromatic heterocycles. The number of benzene rings is 2. The van der Waals surface area contributed by atoms with E-state index in [0.29, 0.717) is 12.3 Å². The zero-order valence-corrected chi connectivity index (χ0v) is 15.4. The molecule has 4 rings (SSSR count). The number of likely N-dealkylation sites (tertiary alicyclic amines) is 1. The van der Waals surface area contributed by atoms with Crippen LogP contribution in [0.2, 0.25) is 0 Å². The van der Waals surface area contributed by atoms with Crippen LogP contribution in [0.4, 0.5) is 0 Å². The second-order valence-corrected chi connectivity index (χ2v) is 7.77. The molecule has 1 saturated heterocycles. The van der Waals surface area contributed by atoms with E-state index in [4.69, 9.17) is 0 Å². The first-order valence-corrected chi connectivity index (χ1v) is 9.91. The van der Waals surface area contributed by atoms with Gasteiger partial charge in [-0.2, -0.15) is 0 Å². The van der Waals surface area contributed by atoms with Crippen molar-refractivity contribution >= 4 is 5.91 Å². The molecule has 1 aliphatic carbocycles. The molecule has 1 N–H and O–H groups in total. The second kappa shape index (κ2) is 8.05. The Bertz CT molecular complexity index is 743. The first-order valence-electron chi connectivity index (χ1n) is 9.91. The van der Waals surface area contributed by atoms with Crippen molar-refractivity contribution < 1.29 is 4.79 Å². The van der Waals surface area contributed by atoms with Crippen molar-refractivity contribution in [1.82, 2.24) is 10.2 Å². The minimum Gasteiger partial charge on any atom is -0.352 e. The molecule has 136 valence electrons. The van der Waals surface area contributed by atoms with E-state index in [1.165, 1.54) is 16.7 Å². The highest BCUT2D eigenvalue weighted by atomic mass is 16.1. The summed E-state index contributed by atoms with van der Waals surface area (Å²) in [6, 6.07) is 19.5. The van der Waals surface area contributed by atoms with Crippen LogP contribution in [0.1, 0.15) is 48.3 Å². The number of amides is 1. The van der Waals surface area contributed by atoms with Gasteiger partial charge in [0.05, 0.1) is 0 Å². The third-order valence-electron chi connectivity index (χ3n) is 5.81. The van der Waals surface area contributed by atoms with E-state index >= 15 is 0 Å². The minimum absolute atomic E-state index is 0.221. The molecular formula is C23H28N2O. The van der Waals surface area contributed by atoms with Gasteiger partial charge in [-0.25, -0.2) is 0 Å². The van der Waals surface area contributed by atoms with E-state index in [2.05, 4.69) is 64.8 Å². The van der Waals surface area contributed by atoms with Crippen LogP contribution in [0.25, 0.3) is 0 Å². The van der Waals surface area contributed by atoms with Gasteiger partial charge < -0.3 is 5.32 Å². The van der Waals surface area contributed by atoms with E-state index in [-0.39, 0.29) is 11.9 Å². The van der Waals surface area contributed by atoms with E-state index in [9.17, 15) is 4.79 Å². The Morgan fingerprint density at radius 1 is 1.04 bits per heavy atom. The van der Waals surface area contributed by atoms with Crippen molar-refractivity contribution in [2.24, 2.45) is 0 Å². The maximum Gasteiger partial charge on any atom is 0.220 e. The number of aryl methyl sites for hydroxylation is 1. The molecule has 1 heterocycles. The lowest BCUT2D eigenvalue weighted by atomic mass is 9.97. The number of hydrogen-bond donors (Lipinski definition) is 1. The number of hydrogen-bond acceptors (Lipinski definition) is 2. The van der Waals surface area contributed by atoms with Gasteiger partial charge in [-0.3, -0.25) is 9.69 Å². The molecule has 2 aromatic rings. The smallest absolute Gasteiger partial charge is 0.220 e. The molecular weight excluding hydrogens is 320 g/mol. The molecule has 3 heteroatoms. The Labute approximate surface area is 156 Å². The molecule has 0 bridgehead atoms. The average molecular weight is 348 g/mol. The summed E-state index contributed by atoms with van der Waals surface area (Å²) in [6.07, 6.45) is 5.11. The summed E-state index contributed by atoms with van der Waals surface area (Å²) in [4.78, 5) is 15.1. The van der Waals surface area contributed by atoms with Gasteiger partial charge in [0.1, 0.15) is 0 Å². The van der Waals surface area contributed by atoms with Gasteiger partial charge in [-0.05, 0) is 54.8 Å². The van der Waals surface area contributed by atoms with Crippen LogP contribution < -0.4 is 5.32 Å². The van der Waals surface area contributed by atoms with Crippen LogP contribution in [-0.2, 0) is 17.8 Å². The monoisotopic (exact) mass is 348 g/mol. The highest BCUT2D eigenvalue weighted by Crippen LogP contribution is 2.35. The Kier molecular flexibility index (Phi) is 5.35. The summed E-state index contributed by atoms with van der Waals surface area (Å²) in [5.41, 5.74) is 4.16. The molecule has 1 aliphatic heterocycles. The Morgan fingerprint density at radius 2 is 1.85 bits per heavy atom. The highest BCUT2D eigenvalue weighted by molar-refractivity contribution is 5.77. The van der Waals surface area contributed by atoms with Gasteiger partial charge in [-0.1, -0.05) is 54.6 Å². The number of carbonyl (C=O) groups excluding carboxylic acids is 1. The van der Waals surface area contributed by atoms with Crippen molar-refractivity contribution in [2.75, 3.05) is 13.1 Å². The van der Waals surface area contributed by atoms with Crippen LogP contribution in [0, 0.1) is 0 Å². The molecule has 2 aliphatic rings. The van der Waals surface area contributed by atoms with E-state index in [1.807, 2.05) is 0 Å². The predicted octanol–water partition coefficient (Wildman–Crippen LogP) is 3.89. The lowest BCUT2D eigenvalue weighted by molar-refractivity contribution is -0.122. The maximum atomic E-state index is 12.6. The maximum absolute atomic E-state index is 12.6. The molecule has 1 amide bonds. The number of fused-ring (bicyclic) bond motifs is 1. The molecule has 2 aromatic carbocycles. The lowest BCUT2D eigenvalue weighted by Crippen LogP contribution is -2.47. The Balaban J connectivity index is 1.29. The van der Waals surface area contributed by atoms with Gasteiger partial charge >= 0.3 is 0 Å². The molecule has 2 unspecified atom stereocenters. The molecule has 0 spiro atoms. The van der Waals surface area contributed by atoms with Gasteiger partial charge in [-0.15, -0.1) is 0 Å². The van der Waals surface area contributed by atoms with Crippen molar-refractivity contribution in [2.45, 2.75) is 50.6 Å². The lowest BCUT2D eigenvalue weighted by Gasteiger charge is -2.33. The summed E-state index contributed by atoms with van der Waals surface area (Å²) in [5.74, 6) is 0.619. The quantitative estimate of drug-likeness (QED) is 0.889. The average Bonchev–Trinajstić information content (AvgIpc) is 3.06. The van der Waals surface area contributed by atoms with Crippen molar-refractivity contribution in [3.05, 3.63) is 71.3 Å². The van der Waals surface area contributed by atoms with Crippen LogP contribution in [0.5, 0.6) is 0 Å². The van der Waals surface area contributed by atoms with E-state index in [1.54, 1.807) is 0 Å². The first kappa shape index (κ1) is 17.3. The number of piperidine rings is 1. The van der Waals surface area contributed by atoms with Crippen LogP contribution in [0.15, 0.2) is 54.6 Å². The fourth-order valence-corrected chi connectivity index (χ4v) is 4.53. The normalized spacial score (nSPS) is 22.8. The fourth-order valence-electron chi connectivity index (χ4n) is 4.53. The second-order valence-electron chi connectivity index (χ2n) is 7.77. The summed E-state index contributed by atoms with van der Waals surface area (Å²) in [5, 5.41) is 3.31. The van der Waals surface area contributed by atoms with Crippen LogP contribution in [-0.4, -0.2) is 29.9 Å². The van der Waals surface area contributed by atoms with Gasteiger partial charge in [0, 0.05) is 25.6 Å². The predicted molar refractivity (Wildman–Crippen MR) is 105 cm³/mol. The fraction of sp³-hybridized carbons (Fsp3) is 0.435. The molecule has 3 nitrogen and oxygen atoms in total. The standard InChI is InChI=1S/C23H28N2O/c26-23(15-20-13-12-19-9-4-5-11-22(19)20)24-21-10-6-14-25(17-21)16-18-7-2-1-3-8-18/h1-5,7-9,11,20-21H,6,10,12-17H2,(H,24,26). The van der Waals surface area contributed by atoms with Crippen molar-refractivity contribution in [3.63, 3.8) is 0 Å². The number of nitrogens with one attached hydrogen (secondary N) is 1. The van der Waals surface area contributed by atoms with Gasteiger partial charge in [0.2, 0.25) is 5.91 Å². The molecule has 0 saturated carbocycles. The summed E-state index contributed by atoms with van der Waals surface area (Å²) in [6.45, 7) is 3.06. The third kappa shape index (κ3) is 4.16. The summed E-state index contributed by atoms with van der Waals surface area (Å²) in [7, 11) is 0. The van der Waals surface area contributed by atoms with Crippen molar-refractivity contribution in [3.8, 4) is 0 Å².